The van der Waals surface area contributed by atoms with Gasteiger partial charge in [0, 0.05) is 55.2 Å². The van der Waals surface area contributed by atoms with Crippen molar-refractivity contribution >= 4 is 11.4 Å². The van der Waals surface area contributed by atoms with Crippen LogP contribution in [0.1, 0.15) is 43.6 Å². The minimum Gasteiger partial charge on any atom is -0.337 e. The van der Waals surface area contributed by atoms with Crippen LogP contribution >= 0.6 is 0 Å². The molecule has 1 saturated heterocycles. The molecular formula is C27H31FN4O2. The van der Waals surface area contributed by atoms with E-state index < -0.39 is 0 Å². The molecule has 2 atom stereocenters. The van der Waals surface area contributed by atoms with Crippen molar-refractivity contribution in [1.29, 1.82) is 0 Å². The molecule has 1 fully saturated rings. The number of likely N-dealkylation sites (tertiary alicyclic amines) is 1. The molecule has 1 N–H and O–H groups in total. The lowest BCUT2D eigenvalue weighted by Gasteiger charge is -2.39. The lowest BCUT2D eigenvalue weighted by molar-refractivity contribution is 0.193. The van der Waals surface area contributed by atoms with Gasteiger partial charge in [-0.1, -0.05) is 31.0 Å². The molecule has 2 aliphatic heterocycles. The third kappa shape index (κ3) is 4.57. The van der Waals surface area contributed by atoms with E-state index in [0.717, 1.165) is 57.4 Å². The molecule has 178 valence electrons. The Morgan fingerprint density at radius 1 is 0.912 bits per heavy atom. The fourth-order valence-electron chi connectivity index (χ4n) is 5.58. The summed E-state index contributed by atoms with van der Waals surface area (Å²) in [6.45, 7) is 3.63. The molecule has 5 rings (SSSR count). The summed E-state index contributed by atoms with van der Waals surface area (Å²) in [6.07, 6.45) is 6.51. The van der Waals surface area contributed by atoms with Crippen LogP contribution < -0.4 is 16.1 Å². The van der Waals surface area contributed by atoms with Gasteiger partial charge in [0.05, 0.1) is 0 Å². The maximum atomic E-state index is 13.5. The zero-order valence-electron chi connectivity index (χ0n) is 19.3. The highest BCUT2D eigenvalue weighted by molar-refractivity contribution is 5.73. The summed E-state index contributed by atoms with van der Waals surface area (Å²) in [7, 11) is 0. The van der Waals surface area contributed by atoms with Crippen molar-refractivity contribution in [2.24, 2.45) is 0 Å². The number of aromatic nitrogens is 2. The lowest BCUT2D eigenvalue weighted by atomic mass is 9.89. The molecule has 0 radical (unpaired) electrons. The predicted octanol–water partition coefficient (Wildman–Crippen LogP) is 4.25. The maximum absolute atomic E-state index is 13.5. The summed E-state index contributed by atoms with van der Waals surface area (Å²) >= 11 is 0. The van der Waals surface area contributed by atoms with E-state index in [-0.39, 0.29) is 17.1 Å². The Labute approximate surface area is 198 Å². The molecule has 34 heavy (non-hydrogen) atoms. The van der Waals surface area contributed by atoms with Crippen molar-refractivity contribution in [3.63, 3.8) is 0 Å². The van der Waals surface area contributed by atoms with Crippen LogP contribution in [-0.4, -0.2) is 40.1 Å². The summed E-state index contributed by atoms with van der Waals surface area (Å²) in [6, 6.07) is 17.3. The van der Waals surface area contributed by atoms with Crippen molar-refractivity contribution in [3.05, 3.63) is 93.0 Å². The minimum absolute atomic E-state index is 0.203. The number of fused-ring (bicyclic) bond motifs is 3. The van der Waals surface area contributed by atoms with Crippen molar-refractivity contribution in [1.82, 2.24) is 14.5 Å². The SMILES string of the molecule is O=c1cc[nH]c(=O)n1CCCCCCN1CCC2C(C1)c1ccccc1N2c1ccc(F)cc1. The van der Waals surface area contributed by atoms with Gasteiger partial charge in [-0.2, -0.15) is 0 Å². The summed E-state index contributed by atoms with van der Waals surface area (Å²) in [5.74, 6) is 0.247. The number of nitrogens with one attached hydrogen (secondary N) is 1. The van der Waals surface area contributed by atoms with Gasteiger partial charge in [0.25, 0.3) is 5.56 Å². The molecule has 0 bridgehead atoms. The van der Waals surface area contributed by atoms with E-state index >= 15 is 0 Å². The third-order valence-corrected chi connectivity index (χ3v) is 7.24. The Hall–Kier alpha value is -3.19. The Morgan fingerprint density at radius 3 is 2.47 bits per heavy atom. The zero-order chi connectivity index (χ0) is 23.5. The average molecular weight is 463 g/mol. The number of hydrogen-bond donors (Lipinski definition) is 1. The van der Waals surface area contributed by atoms with E-state index in [9.17, 15) is 14.0 Å². The Bertz CT molecular complexity index is 1210. The summed E-state index contributed by atoms with van der Waals surface area (Å²) in [5, 5.41) is 0. The second kappa shape index (κ2) is 9.97. The molecular weight excluding hydrogens is 431 g/mol. The first kappa shape index (κ1) is 22.6. The van der Waals surface area contributed by atoms with Crippen LogP contribution in [0.2, 0.25) is 0 Å². The standard InChI is InChI=1S/C27H31FN4O2/c28-20-9-11-21(12-10-20)32-24-8-4-3-7-22(24)23-19-30(18-14-25(23)32)16-5-1-2-6-17-31-26(33)13-15-29-27(31)34/h3-4,7-13,15,23,25H,1-2,5-6,14,16-19H2,(H,29,34). The van der Waals surface area contributed by atoms with E-state index in [1.54, 1.807) is 12.1 Å². The molecule has 2 unspecified atom stereocenters. The molecule has 2 aromatic carbocycles. The molecule has 1 aromatic heterocycles. The number of nitrogens with zero attached hydrogens (tertiary/aromatic N) is 3. The fourth-order valence-corrected chi connectivity index (χ4v) is 5.58. The number of unbranched alkanes of at least 4 members (excludes halogenated alkanes) is 3. The number of halogens is 1. The van der Waals surface area contributed by atoms with Gasteiger partial charge in [0.2, 0.25) is 0 Å². The molecule has 3 aromatic rings. The minimum atomic E-state index is -0.332. The van der Waals surface area contributed by atoms with Crippen molar-refractivity contribution < 1.29 is 4.39 Å². The zero-order valence-corrected chi connectivity index (χ0v) is 19.3. The largest absolute Gasteiger partial charge is 0.337 e. The van der Waals surface area contributed by atoms with Crippen LogP contribution in [0.3, 0.4) is 0 Å². The number of rotatable bonds is 8. The normalized spacial score (nSPS) is 19.7. The van der Waals surface area contributed by atoms with Gasteiger partial charge in [-0.3, -0.25) is 9.36 Å². The molecule has 7 heteroatoms. The topological polar surface area (TPSA) is 61.3 Å². The smallest absolute Gasteiger partial charge is 0.328 e. The highest BCUT2D eigenvalue weighted by atomic mass is 19.1. The first-order valence-corrected chi connectivity index (χ1v) is 12.3. The highest BCUT2D eigenvalue weighted by Crippen LogP contribution is 2.48. The molecule has 6 nitrogen and oxygen atoms in total. The Balaban J connectivity index is 1.15. The number of benzene rings is 2. The molecule has 3 heterocycles. The summed E-state index contributed by atoms with van der Waals surface area (Å²) in [4.78, 5) is 31.1. The van der Waals surface area contributed by atoms with E-state index in [0.29, 0.717) is 18.5 Å². The second-order valence-electron chi connectivity index (χ2n) is 9.36. The van der Waals surface area contributed by atoms with Crippen LogP contribution in [0.4, 0.5) is 15.8 Å². The van der Waals surface area contributed by atoms with Crippen LogP contribution in [-0.2, 0) is 6.54 Å². The van der Waals surface area contributed by atoms with Gasteiger partial charge in [0.15, 0.2) is 0 Å². The number of piperidine rings is 1. The van der Waals surface area contributed by atoms with Crippen LogP contribution in [0, 0.1) is 5.82 Å². The number of aromatic amines is 1. The number of anilines is 2. The van der Waals surface area contributed by atoms with Gasteiger partial charge in [-0.25, -0.2) is 9.18 Å². The quantitative estimate of drug-likeness (QED) is 0.509. The highest BCUT2D eigenvalue weighted by Gasteiger charge is 2.42. The molecule has 0 amide bonds. The number of hydrogen-bond acceptors (Lipinski definition) is 4. The Morgan fingerprint density at radius 2 is 1.68 bits per heavy atom. The monoisotopic (exact) mass is 462 g/mol. The molecule has 2 aliphatic rings. The molecule has 0 spiro atoms. The predicted molar refractivity (Wildman–Crippen MR) is 132 cm³/mol. The first-order chi connectivity index (χ1) is 16.6. The van der Waals surface area contributed by atoms with E-state index in [2.05, 4.69) is 39.0 Å². The van der Waals surface area contributed by atoms with Crippen molar-refractivity contribution in [2.45, 2.75) is 50.6 Å². The first-order valence-electron chi connectivity index (χ1n) is 12.3. The lowest BCUT2D eigenvalue weighted by Crippen LogP contribution is -2.45. The number of H-pyrrole nitrogens is 1. The van der Waals surface area contributed by atoms with Gasteiger partial charge in [0.1, 0.15) is 5.82 Å². The van der Waals surface area contributed by atoms with Gasteiger partial charge in [-0.05, 0) is 61.7 Å². The maximum Gasteiger partial charge on any atom is 0.328 e. The second-order valence-corrected chi connectivity index (χ2v) is 9.36. The Kier molecular flexibility index (Phi) is 6.63. The summed E-state index contributed by atoms with van der Waals surface area (Å²) in [5.41, 5.74) is 3.13. The van der Waals surface area contributed by atoms with E-state index in [1.807, 2.05) is 12.1 Å². The number of para-hydroxylation sites is 1. The van der Waals surface area contributed by atoms with Gasteiger partial charge >= 0.3 is 5.69 Å². The molecule has 0 aliphatic carbocycles. The van der Waals surface area contributed by atoms with E-state index in [1.165, 1.54) is 28.1 Å². The molecule has 0 saturated carbocycles. The summed E-state index contributed by atoms with van der Waals surface area (Å²) < 4.78 is 14.8. The van der Waals surface area contributed by atoms with Gasteiger partial charge < -0.3 is 14.8 Å². The van der Waals surface area contributed by atoms with Crippen molar-refractivity contribution in [3.8, 4) is 0 Å². The van der Waals surface area contributed by atoms with Crippen molar-refractivity contribution in [2.75, 3.05) is 24.5 Å². The average Bonchev–Trinajstić information content (AvgIpc) is 3.17. The van der Waals surface area contributed by atoms with Crippen LogP contribution in [0.15, 0.2) is 70.4 Å². The third-order valence-electron chi connectivity index (χ3n) is 7.24. The fraction of sp³-hybridized carbons (Fsp3) is 0.407. The van der Waals surface area contributed by atoms with E-state index in [4.69, 9.17) is 0 Å². The van der Waals surface area contributed by atoms with Crippen LogP contribution in [0.5, 0.6) is 0 Å². The van der Waals surface area contributed by atoms with Crippen LogP contribution in [0.25, 0.3) is 0 Å². The van der Waals surface area contributed by atoms with Gasteiger partial charge in [-0.15, -0.1) is 0 Å².